The van der Waals surface area contributed by atoms with Gasteiger partial charge in [0.1, 0.15) is 0 Å². The van der Waals surface area contributed by atoms with Gasteiger partial charge in [0.05, 0.1) is 6.54 Å². The quantitative estimate of drug-likeness (QED) is 0.833. The van der Waals surface area contributed by atoms with Gasteiger partial charge in [0.2, 0.25) is 5.91 Å². The molecule has 4 nitrogen and oxygen atoms in total. The van der Waals surface area contributed by atoms with Gasteiger partial charge in [-0.05, 0) is 52.5 Å². The third-order valence-corrected chi connectivity index (χ3v) is 6.13. The standard InChI is InChI=1S/C18H33N3O.ClH/c1-3-21(16-7-5-4-6-8-16)18(22)13-20(2)17-11-14-9-10-15(12-17)19-14;/h14-17,19H,3-13H2,1-2H3;1H. The molecular weight excluding hydrogens is 310 g/mol. The van der Waals surface area contributed by atoms with Crippen molar-refractivity contribution in [3.8, 4) is 0 Å². The molecule has 1 N–H and O–H groups in total. The van der Waals surface area contributed by atoms with Crippen LogP contribution in [0.3, 0.4) is 0 Å². The van der Waals surface area contributed by atoms with E-state index in [1.807, 2.05) is 0 Å². The van der Waals surface area contributed by atoms with Gasteiger partial charge < -0.3 is 10.2 Å². The minimum atomic E-state index is 0. The van der Waals surface area contributed by atoms with E-state index in [1.165, 1.54) is 57.8 Å². The van der Waals surface area contributed by atoms with Gasteiger partial charge in [-0.2, -0.15) is 0 Å². The molecule has 0 aromatic heterocycles. The molecule has 3 fully saturated rings. The normalized spacial score (nSPS) is 31.0. The van der Waals surface area contributed by atoms with Crippen LogP contribution in [0.2, 0.25) is 0 Å². The summed E-state index contributed by atoms with van der Waals surface area (Å²) in [5, 5.41) is 3.69. The van der Waals surface area contributed by atoms with Crippen LogP contribution in [-0.4, -0.2) is 60.0 Å². The number of rotatable bonds is 5. The third-order valence-electron chi connectivity index (χ3n) is 6.13. The first-order valence-corrected chi connectivity index (χ1v) is 9.43. The molecule has 1 saturated carbocycles. The van der Waals surface area contributed by atoms with Crippen molar-refractivity contribution < 1.29 is 4.79 Å². The Bertz CT molecular complexity index is 374. The SMILES string of the molecule is CCN(C(=O)CN(C)C1CC2CCC(C1)N2)C1CCCCC1.Cl. The number of carbonyl (C=O) groups excluding carboxylic acids is 1. The van der Waals surface area contributed by atoms with Crippen LogP contribution < -0.4 is 5.32 Å². The van der Waals surface area contributed by atoms with Crippen molar-refractivity contribution in [2.75, 3.05) is 20.1 Å². The molecule has 23 heavy (non-hydrogen) atoms. The zero-order valence-electron chi connectivity index (χ0n) is 14.8. The Hall–Kier alpha value is -0.320. The van der Waals surface area contributed by atoms with Crippen molar-refractivity contribution in [1.29, 1.82) is 0 Å². The molecule has 2 unspecified atom stereocenters. The van der Waals surface area contributed by atoms with Gasteiger partial charge in [0.25, 0.3) is 0 Å². The first-order valence-electron chi connectivity index (χ1n) is 9.43. The highest BCUT2D eigenvalue weighted by molar-refractivity contribution is 5.85. The molecule has 0 aromatic carbocycles. The summed E-state index contributed by atoms with van der Waals surface area (Å²) in [7, 11) is 2.15. The van der Waals surface area contributed by atoms with Crippen LogP contribution in [0.15, 0.2) is 0 Å². The van der Waals surface area contributed by atoms with E-state index in [0.717, 1.165) is 6.54 Å². The lowest BCUT2D eigenvalue weighted by Crippen LogP contribution is -2.51. The Morgan fingerprint density at radius 3 is 2.17 bits per heavy atom. The largest absolute Gasteiger partial charge is 0.339 e. The number of hydrogen-bond acceptors (Lipinski definition) is 3. The lowest BCUT2D eigenvalue weighted by molar-refractivity contribution is -0.135. The summed E-state index contributed by atoms with van der Waals surface area (Å²) >= 11 is 0. The Morgan fingerprint density at radius 1 is 1.00 bits per heavy atom. The number of likely N-dealkylation sites (N-methyl/N-ethyl adjacent to an activating group) is 2. The van der Waals surface area contributed by atoms with Crippen molar-refractivity contribution in [1.82, 2.24) is 15.1 Å². The number of nitrogens with zero attached hydrogens (tertiary/aromatic N) is 2. The highest BCUT2D eigenvalue weighted by Gasteiger charge is 2.36. The molecular formula is C18H34ClN3O. The van der Waals surface area contributed by atoms with Crippen molar-refractivity contribution in [2.24, 2.45) is 0 Å². The van der Waals surface area contributed by atoms with E-state index >= 15 is 0 Å². The Kier molecular flexibility index (Phi) is 7.18. The molecule has 2 heterocycles. The van der Waals surface area contributed by atoms with E-state index in [4.69, 9.17) is 0 Å². The average molecular weight is 344 g/mol. The summed E-state index contributed by atoms with van der Waals surface area (Å²) in [5.74, 6) is 0.350. The van der Waals surface area contributed by atoms with Gasteiger partial charge in [0, 0.05) is 30.7 Å². The van der Waals surface area contributed by atoms with Crippen molar-refractivity contribution >= 4 is 18.3 Å². The first kappa shape index (κ1) is 19.0. The summed E-state index contributed by atoms with van der Waals surface area (Å²) in [6.45, 7) is 3.61. The van der Waals surface area contributed by atoms with Gasteiger partial charge in [-0.1, -0.05) is 19.3 Å². The van der Waals surface area contributed by atoms with Crippen LogP contribution in [0.25, 0.3) is 0 Å². The Labute approximate surface area is 147 Å². The maximum absolute atomic E-state index is 12.8. The van der Waals surface area contributed by atoms with Gasteiger partial charge in [-0.25, -0.2) is 0 Å². The number of carbonyl (C=O) groups is 1. The van der Waals surface area contributed by atoms with E-state index in [-0.39, 0.29) is 12.4 Å². The minimum Gasteiger partial charge on any atom is -0.339 e. The fourth-order valence-corrected chi connectivity index (χ4v) is 4.85. The van der Waals surface area contributed by atoms with Crippen LogP contribution in [0, 0.1) is 0 Å². The number of piperidine rings is 1. The third kappa shape index (κ3) is 4.61. The number of fused-ring (bicyclic) bond motifs is 2. The second-order valence-corrected chi connectivity index (χ2v) is 7.65. The molecule has 3 aliphatic rings. The van der Waals surface area contributed by atoms with Crippen LogP contribution >= 0.6 is 12.4 Å². The lowest BCUT2D eigenvalue weighted by atomic mass is 9.94. The Morgan fingerprint density at radius 2 is 1.61 bits per heavy atom. The van der Waals surface area contributed by atoms with E-state index in [1.54, 1.807) is 0 Å². The second kappa shape index (κ2) is 8.68. The topological polar surface area (TPSA) is 35.6 Å². The van der Waals surface area contributed by atoms with Crippen LogP contribution in [-0.2, 0) is 4.79 Å². The van der Waals surface area contributed by atoms with Crippen LogP contribution in [0.1, 0.15) is 64.7 Å². The first-order chi connectivity index (χ1) is 10.7. The molecule has 1 amide bonds. The summed E-state index contributed by atoms with van der Waals surface area (Å²) in [5.41, 5.74) is 0. The second-order valence-electron chi connectivity index (χ2n) is 7.65. The fourth-order valence-electron chi connectivity index (χ4n) is 4.85. The van der Waals surface area contributed by atoms with Crippen molar-refractivity contribution in [3.05, 3.63) is 0 Å². The maximum Gasteiger partial charge on any atom is 0.236 e. The highest BCUT2D eigenvalue weighted by atomic mass is 35.5. The summed E-state index contributed by atoms with van der Waals surface area (Å²) in [6, 6.07) is 2.49. The molecule has 134 valence electrons. The van der Waals surface area contributed by atoms with E-state index in [9.17, 15) is 4.79 Å². The predicted octanol–water partition coefficient (Wildman–Crippen LogP) is 2.80. The maximum atomic E-state index is 12.8. The monoisotopic (exact) mass is 343 g/mol. The molecule has 0 spiro atoms. The molecule has 3 rings (SSSR count). The van der Waals surface area contributed by atoms with Crippen LogP contribution in [0.5, 0.6) is 0 Å². The summed E-state index contributed by atoms with van der Waals surface area (Å²) in [4.78, 5) is 17.3. The average Bonchev–Trinajstić information content (AvgIpc) is 2.87. The van der Waals surface area contributed by atoms with Crippen LogP contribution in [0.4, 0.5) is 0 Å². The van der Waals surface area contributed by atoms with E-state index in [0.29, 0.717) is 36.6 Å². The zero-order valence-corrected chi connectivity index (χ0v) is 15.6. The smallest absolute Gasteiger partial charge is 0.236 e. The molecule has 1 aliphatic carbocycles. The lowest BCUT2D eigenvalue weighted by Gasteiger charge is -2.38. The molecule has 5 heteroatoms. The zero-order chi connectivity index (χ0) is 15.5. The van der Waals surface area contributed by atoms with Gasteiger partial charge in [0.15, 0.2) is 0 Å². The Balaban J connectivity index is 0.00000192. The number of halogens is 1. The summed E-state index contributed by atoms with van der Waals surface area (Å²) in [6.07, 6.45) is 11.4. The van der Waals surface area contributed by atoms with Gasteiger partial charge in [-0.15, -0.1) is 12.4 Å². The molecule has 2 bridgehead atoms. The number of nitrogens with one attached hydrogen (secondary N) is 1. The van der Waals surface area contributed by atoms with Crippen molar-refractivity contribution in [2.45, 2.75) is 88.9 Å². The molecule has 0 aromatic rings. The van der Waals surface area contributed by atoms with Gasteiger partial charge in [-0.3, -0.25) is 9.69 Å². The molecule has 2 atom stereocenters. The summed E-state index contributed by atoms with van der Waals surface area (Å²) < 4.78 is 0. The van der Waals surface area contributed by atoms with E-state index in [2.05, 4.69) is 29.1 Å². The molecule has 2 aliphatic heterocycles. The fraction of sp³-hybridized carbons (Fsp3) is 0.944. The van der Waals surface area contributed by atoms with Gasteiger partial charge >= 0.3 is 0 Å². The minimum absolute atomic E-state index is 0. The molecule has 0 radical (unpaired) electrons. The predicted molar refractivity (Wildman–Crippen MR) is 97.1 cm³/mol. The number of hydrogen-bond donors (Lipinski definition) is 1. The van der Waals surface area contributed by atoms with E-state index < -0.39 is 0 Å². The van der Waals surface area contributed by atoms with Crippen molar-refractivity contribution in [3.63, 3.8) is 0 Å². The number of amides is 1. The highest BCUT2D eigenvalue weighted by Crippen LogP contribution is 2.29. The molecule has 2 saturated heterocycles.